The number of hydrogen-bond acceptors (Lipinski definition) is 5. The summed E-state index contributed by atoms with van der Waals surface area (Å²) in [6.45, 7) is -0.535. The fourth-order valence-electron chi connectivity index (χ4n) is 7.22. The number of alkyl halides is 6. The number of hydrogen-bond donors (Lipinski definition) is 2. The number of nitrogens with one attached hydrogen (secondary N) is 2. The molecule has 216 valence electrons. The van der Waals surface area contributed by atoms with E-state index in [1.165, 1.54) is 21.9 Å². The molecule has 5 atom stereocenters. The van der Waals surface area contributed by atoms with Gasteiger partial charge in [0.05, 0.1) is 37.0 Å². The Morgan fingerprint density at radius 1 is 1.10 bits per heavy atom. The van der Waals surface area contributed by atoms with Gasteiger partial charge in [-0.1, -0.05) is 19.3 Å². The lowest BCUT2D eigenvalue weighted by molar-refractivity contribution is -0.138. The number of pyridine rings is 1. The zero-order valence-corrected chi connectivity index (χ0v) is 21.7. The van der Waals surface area contributed by atoms with Gasteiger partial charge in [-0.25, -0.2) is 28.8 Å². The first-order valence-electron chi connectivity index (χ1n) is 13.7. The molecule has 0 radical (unpaired) electrons. The van der Waals surface area contributed by atoms with E-state index in [4.69, 9.17) is 0 Å². The van der Waals surface area contributed by atoms with Crippen LogP contribution in [-0.4, -0.2) is 63.8 Å². The van der Waals surface area contributed by atoms with E-state index in [9.17, 15) is 26.7 Å². The average Bonchev–Trinajstić information content (AvgIpc) is 3.36. The lowest BCUT2D eigenvalue weighted by atomic mass is 9.64. The van der Waals surface area contributed by atoms with Gasteiger partial charge in [-0.3, -0.25) is 18.8 Å². The molecule has 2 aliphatic heterocycles. The lowest BCUT2D eigenvalue weighted by Gasteiger charge is -2.46. The second-order valence-electron chi connectivity index (χ2n) is 12.0. The van der Waals surface area contributed by atoms with E-state index in [1.807, 2.05) is 7.05 Å². The van der Waals surface area contributed by atoms with Crippen LogP contribution in [0.1, 0.15) is 55.7 Å². The maximum Gasteiger partial charge on any atom is 0.418 e. The SMILES string of the molecule is CN1CNNC1[C@H](C1CCC1)C1CC(F)CC(n2cc3c(C(F)(F)F)cc(CN4CC(F)(F)C4)cn3c2=O)C1. The topological polar surface area (TPSA) is 56.9 Å². The van der Waals surface area contributed by atoms with Gasteiger partial charge in [-0.15, -0.1) is 0 Å². The van der Waals surface area contributed by atoms with E-state index >= 15 is 4.39 Å². The van der Waals surface area contributed by atoms with Crippen LogP contribution in [0, 0.1) is 17.8 Å². The molecule has 4 fully saturated rings. The summed E-state index contributed by atoms with van der Waals surface area (Å²) in [6.07, 6.45) is 0.775. The molecule has 39 heavy (non-hydrogen) atoms. The molecule has 2 N–H and O–H groups in total. The molecule has 2 aliphatic carbocycles. The predicted molar refractivity (Wildman–Crippen MR) is 132 cm³/mol. The molecule has 7 nitrogen and oxygen atoms in total. The van der Waals surface area contributed by atoms with Gasteiger partial charge in [0.15, 0.2) is 0 Å². The minimum absolute atomic E-state index is 0.0179. The number of fused-ring (bicyclic) bond motifs is 1. The van der Waals surface area contributed by atoms with Gasteiger partial charge >= 0.3 is 11.9 Å². The molecule has 4 heterocycles. The highest BCUT2D eigenvalue weighted by Crippen LogP contribution is 2.47. The monoisotopic (exact) mass is 560 g/mol. The molecule has 2 aromatic rings. The van der Waals surface area contributed by atoms with Crippen molar-refractivity contribution in [2.45, 2.75) is 75.5 Å². The Kier molecular flexibility index (Phi) is 6.79. The Morgan fingerprint density at radius 2 is 1.85 bits per heavy atom. The maximum atomic E-state index is 15.3. The summed E-state index contributed by atoms with van der Waals surface area (Å²) >= 11 is 0. The number of aromatic nitrogens is 2. The van der Waals surface area contributed by atoms with E-state index in [-0.39, 0.29) is 42.0 Å². The van der Waals surface area contributed by atoms with Gasteiger partial charge in [-0.2, -0.15) is 13.2 Å². The molecule has 4 aliphatic rings. The predicted octanol–water partition coefficient (Wildman–Crippen LogP) is 3.99. The molecule has 13 heteroatoms. The fourth-order valence-corrected chi connectivity index (χ4v) is 7.22. The Balaban J connectivity index is 1.33. The number of nitrogens with zero attached hydrogens (tertiary/aromatic N) is 4. The van der Waals surface area contributed by atoms with Crippen LogP contribution in [0.5, 0.6) is 0 Å². The van der Waals surface area contributed by atoms with Crippen molar-refractivity contribution in [1.82, 2.24) is 29.6 Å². The molecule has 6 rings (SSSR count). The number of halogens is 6. The van der Waals surface area contributed by atoms with Gasteiger partial charge < -0.3 is 0 Å². The lowest BCUT2D eigenvalue weighted by Crippen LogP contribution is -2.55. The molecule has 2 aromatic heterocycles. The van der Waals surface area contributed by atoms with Crippen molar-refractivity contribution in [1.29, 1.82) is 0 Å². The second kappa shape index (κ2) is 9.78. The normalized spacial score (nSPS) is 31.4. The Hall–Kier alpha value is -2.09. The third-order valence-electron chi connectivity index (χ3n) is 9.18. The van der Waals surface area contributed by atoms with E-state index in [0.717, 1.165) is 29.7 Å². The van der Waals surface area contributed by atoms with Crippen molar-refractivity contribution in [2.24, 2.45) is 17.8 Å². The molecule has 2 saturated heterocycles. The van der Waals surface area contributed by atoms with Crippen molar-refractivity contribution in [3.8, 4) is 0 Å². The number of rotatable bonds is 6. The number of hydrazine groups is 1. The third kappa shape index (κ3) is 5.11. The Bertz CT molecular complexity index is 1260. The summed E-state index contributed by atoms with van der Waals surface area (Å²) in [5.41, 5.74) is 4.63. The molecule has 0 aromatic carbocycles. The van der Waals surface area contributed by atoms with E-state index in [0.29, 0.717) is 25.4 Å². The third-order valence-corrected chi connectivity index (χ3v) is 9.18. The highest BCUT2D eigenvalue weighted by Gasteiger charge is 2.46. The largest absolute Gasteiger partial charge is 0.418 e. The van der Waals surface area contributed by atoms with E-state index in [2.05, 4.69) is 15.8 Å². The molecule has 0 amide bonds. The molecule has 0 bridgehead atoms. The van der Waals surface area contributed by atoms with Gasteiger partial charge in [0, 0.05) is 25.0 Å². The summed E-state index contributed by atoms with van der Waals surface area (Å²) < 4.78 is 86.3. The number of imidazole rings is 1. The van der Waals surface area contributed by atoms with Crippen LogP contribution in [0.4, 0.5) is 26.3 Å². The van der Waals surface area contributed by atoms with Gasteiger partial charge in [0.2, 0.25) is 0 Å². The quantitative estimate of drug-likeness (QED) is 0.524. The summed E-state index contributed by atoms with van der Waals surface area (Å²) in [5, 5.41) is 0. The van der Waals surface area contributed by atoms with Crippen LogP contribution in [0.3, 0.4) is 0 Å². The first kappa shape index (κ1) is 27.1. The first-order chi connectivity index (χ1) is 18.4. The van der Waals surface area contributed by atoms with Crippen molar-refractivity contribution < 1.29 is 26.3 Å². The standard InChI is InChI=1S/C26H34F6N6O/c1-35-14-33-34-23(35)22(16-3-2-4-16)17-6-18(27)8-19(7-17)37-11-21-20(26(30,31)32)5-15(10-38(21)24(37)39)9-36-12-25(28,29)13-36/h5,10-11,16-19,22-23,33-34H,2-4,6-9,12-14H2,1H3/t17?,18?,19?,22-,23?/m1/s1. The van der Waals surface area contributed by atoms with Crippen LogP contribution in [0.2, 0.25) is 0 Å². The zero-order chi connectivity index (χ0) is 27.7. The first-order valence-corrected chi connectivity index (χ1v) is 13.7. The van der Waals surface area contributed by atoms with Gasteiger partial charge in [0.25, 0.3) is 5.92 Å². The molecule has 0 spiro atoms. The van der Waals surface area contributed by atoms with Crippen LogP contribution in [-0.2, 0) is 12.7 Å². The fraction of sp³-hybridized carbons (Fsp3) is 0.731. The van der Waals surface area contributed by atoms with E-state index < -0.39 is 48.7 Å². The van der Waals surface area contributed by atoms with Crippen molar-refractivity contribution >= 4 is 5.52 Å². The maximum absolute atomic E-state index is 15.3. The van der Waals surface area contributed by atoms with Crippen LogP contribution in [0.25, 0.3) is 5.52 Å². The summed E-state index contributed by atoms with van der Waals surface area (Å²) in [6, 6.07) is 0.352. The zero-order valence-electron chi connectivity index (χ0n) is 21.7. The average molecular weight is 561 g/mol. The number of likely N-dealkylation sites (tertiary alicyclic amines) is 1. The summed E-state index contributed by atoms with van der Waals surface area (Å²) in [7, 11) is 2.00. The Morgan fingerprint density at radius 3 is 2.44 bits per heavy atom. The van der Waals surface area contributed by atoms with E-state index in [1.54, 1.807) is 0 Å². The molecule has 2 saturated carbocycles. The summed E-state index contributed by atoms with van der Waals surface area (Å²) in [5.74, 6) is -2.31. The minimum Gasteiger partial charge on any atom is -0.295 e. The van der Waals surface area contributed by atoms with Crippen molar-refractivity contribution in [3.63, 3.8) is 0 Å². The van der Waals surface area contributed by atoms with Crippen LogP contribution < -0.4 is 16.5 Å². The van der Waals surface area contributed by atoms with Crippen LogP contribution >= 0.6 is 0 Å². The van der Waals surface area contributed by atoms with Crippen molar-refractivity contribution in [2.75, 3.05) is 26.8 Å². The molecular formula is C26H34F6N6O. The molecular weight excluding hydrogens is 526 g/mol. The van der Waals surface area contributed by atoms with Gasteiger partial charge in [0.1, 0.15) is 6.17 Å². The van der Waals surface area contributed by atoms with Gasteiger partial charge in [-0.05, 0) is 55.7 Å². The Labute approximate surface area is 222 Å². The van der Waals surface area contributed by atoms with Crippen LogP contribution in [0.15, 0.2) is 23.3 Å². The highest BCUT2D eigenvalue weighted by atomic mass is 19.4. The smallest absolute Gasteiger partial charge is 0.295 e. The summed E-state index contributed by atoms with van der Waals surface area (Å²) in [4.78, 5) is 17.0. The minimum atomic E-state index is -4.75. The van der Waals surface area contributed by atoms with Crippen molar-refractivity contribution in [3.05, 3.63) is 40.1 Å². The highest BCUT2D eigenvalue weighted by molar-refractivity contribution is 5.56. The second-order valence-corrected chi connectivity index (χ2v) is 12.0. The molecule has 4 unspecified atom stereocenters.